The number of anilines is 3. The van der Waals surface area contributed by atoms with Crippen molar-refractivity contribution in [1.82, 2.24) is 0 Å². The lowest BCUT2D eigenvalue weighted by Gasteiger charge is -2.13. The topological polar surface area (TPSA) is 87.3 Å². The highest BCUT2D eigenvalue weighted by Gasteiger charge is 2.16. The van der Waals surface area contributed by atoms with Crippen LogP contribution in [0.1, 0.15) is 0 Å². The first-order valence-electron chi connectivity index (χ1n) is 10.1. The lowest BCUT2D eigenvalue weighted by molar-refractivity contribution is 0.262. The summed E-state index contributed by atoms with van der Waals surface area (Å²) in [7, 11) is -3.95. The summed E-state index contributed by atoms with van der Waals surface area (Å²) in [5, 5.41) is 5.52. The van der Waals surface area contributed by atoms with Crippen molar-refractivity contribution in [3.05, 3.63) is 108 Å². The molecule has 3 N–H and O–H groups in total. The normalized spacial score (nSPS) is 11.0. The number of carbonyl (C=O) groups is 1. The second-order valence-corrected chi connectivity index (χ2v) is 9.37. The first-order chi connectivity index (χ1) is 16.3. The number of hydrogen-bond donors (Lipinski definition) is 3. The maximum atomic E-state index is 13.2. The Morgan fingerprint density at radius 2 is 1.47 bits per heavy atom. The van der Waals surface area contributed by atoms with Crippen molar-refractivity contribution < 1.29 is 17.6 Å². The largest absolute Gasteiger partial charge is 0.323 e. The molecule has 0 aromatic heterocycles. The Bertz CT molecular complexity index is 1430. The number of urea groups is 1. The number of rotatable bonds is 6. The second-order valence-electron chi connectivity index (χ2n) is 7.28. The molecule has 4 aromatic rings. The van der Waals surface area contributed by atoms with E-state index in [4.69, 9.17) is 11.6 Å². The first kappa shape index (κ1) is 23.3. The van der Waals surface area contributed by atoms with E-state index in [9.17, 15) is 17.6 Å². The van der Waals surface area contributed by atoms with Crippen molar-refractivity contribution in [3.63, 3.8) is 0 Å². The number of hydrogen-bond acceptors (Lipinski definition) is 3. The van der Waals surface area contributed by atoms with E-state index in [1.807, 2.05) is 6.07 Å². The van der Waals surface area contributed by atoms with Crippen LogP contribution in [0.4, 0.5) is 26.2 Å². The summed E-state index contributed by atoms with van der Waals surface area (Å²) in [6.45, 7) is 0. The minimum atomic E-state index is -3.95. The Kier molecular flexibility index (Phi) is 6.81. The summed E-state index contributed by atoms with van der Waals surface area (Å²) in [6, 6.07) is 24.8. The molecule has 4 rings (SSSR count). The highest BCUT2D eigenvalue weighted by molar-refractivity contribution is 7.92. The van der Waals surface area contributed by atoms with E-state index in [2.05, 4.69) is 15.4 Å². The predicted octanol–water partition coefficient (Wildman–Crippen LogP) is 6.59. The fourth-order valence-electron chi connectivity index (χ4n) is 3.19. The molecule has 0 aliphatic heterocycles. The minimum Gasteiger partial charge on any atom is -0.308 e. The highest BCUT2D eigenvalue weighted by atomic mass is 35.5. The van der Waals surface area contributed by atoms with Crippen LogP contribution in [0.2, 0.25) is 5.02 Å². The van der Waals surface area contributed by atoms with Gasteiger partial charge in [-0.2, -0.15) is 0 Å². The molecule has 4 aromatic carbocycles. The zero-order valence-corrected chi connectivity index (χ0v) is 19.2. The molecule has 6 nitrogen and oxygen atoms in total. The van der Waals surface area contributed by atoms with Crippen molar-refractivity contribution in [3.8, 4) is 11.1 Å². The van der Waals surface area contributed by atoms with Crippen molar-refractivity contribution >= 4 is 44.7 Å². The fraction of sp³-hybridized carbons (Fsp3) is 0. The quantitative estimate of drug-likeness (QED) is 0.282. The van der Waals surface area contributed by atoms with Gasteiger partial charge in [0.1, 0.15) is 5.82 Å². The van der Waals surface area contributed by atoms with Gasteiger partial charge in [-0.05, 0) is 65.7 Å². The average Bonchev–Trinajstić information content (AvgIpc) is 2.82. The number of benzene rings is 4. The van der Waals surface area contributed by atoms with Crippen molar-refractivity contribution in [2.45, 2.75) is 4.90 Å². The number of nitrogens with one attached hydrogen (secondary N) is 3. The smallest absolute Gasteiger partial charge is 0.308 e. The maximum absolute atomic E-state index is 13.2. The number of halogens is 2. The number of carbonyl (C=O) groups excluding carboxylic acids is 1. The highest BCUT2D eigenvalue weighted by Crippen LogP contribution is 2.28. The van der Waals surface area contributed by atoms with Crippen LogP contribution in [-0.4, -0.2) is 14.4 Å². The van der Waals surface area contributed by atoms with Gasteiger partial charge in [-0.25, -0.2) is 17.6 Å². The molecule has 0 unspecified atom stereocenters. The third kappa shape index (κ3) is 5.72. The van der Waals surface area contributed by atoms with E-state index in [-0.39, 0.29) is 27.1 Å². The van der Waals surface area contributed by atoms with Gasteiger partial charge in [-0.1, -0.05) is 54.1 Å². The van der Waals surface area contributed by atoms with Gasteiger partial charge in [0.15, 0.2) is 0 Å². The minimum absolute atomic E-state index is 0.0283. The van der Waals surface area contributed by atoms with Crippen LogP contribution in [0.15, 0.2) is 102 Å². The number of para-hydroxylation sites is 1. The number of sulfonamides is 1. The van der Waals surface area contributed by atoms with Gasteiger partial charge in [-0.15, -0.1) is 0 Å². The van der Waals surface area contributed by atoms with Gasteiger partial charge >= 0.3 is 6.03 Å². The van der Waals surface area contributed by atoms with Crippen LogP contribution in [0.3, 0.4) is 0 Å². The molecule has 172 valence electrons. The van der Waals surface area contributed by atoms with Crippen molar-refractivity contribution in [2.24, 2.45) is 0 Å². The summed E-state index contributed by atoms with van der Waals surface area (Å²) in [4.78, 5) is 12.3. The Hall–Kier alpha value is -3.88. The Labute approximate surface area is 201 Å². The molecule has 0 bridgehead atoms. The van der Waals surface area contributed by atoms with Gasteiger partial charge in [0.25, 0.3) is 10.0 Å². The Balaban J connectivity index is 1.52. The van der Waals surface area contributed by atoms with E-state index in [1.54, 1.807) is 48.5 Å². The van der Waals surface area contributed by atoms with Gasteiger partial charge in [0, 0.05) is 5.69 Å². The summed E-state index contributed by atoms with van der Waals surface area (Å²) < 4.78 is 41.7. The molecule has 2 amide bonds. The lowest BCUT2D eigenvalue weighted by Crippen LogP contribution is -2.20. The first-order valence-corrected chi connectivity index (χ1v) is 12.0. The van der Waals surface area contributed by atoms with Crippen LogP contribution < -0.4 is 15.4 Å². The summed E-state index contributed by atoms with van der Waals surface area (Å²) in [5.74, 6) is -0.376. The number of amides is 2. The fourth-order valence-corrected chi connectivity index (χ4v) is 4.45. The maximum Gasteiger partial charge on any atom is 0.323 e. The molecule has 0 fully saturated rings. The van der Waals surface area contributed by atoms with Crippen LogP contribution in [0.25, 0.3) is 11.1 Å². The molecule has 34 heavy (non-hydrogen) atoms. The van der Waals surface area contributed by atoms with Crippen LogP contribution in [0, 0.1) is 5.82 Å². The molecule has 9 heteroatoms. The third-order valence-corrected chi connectivity index (χ3v) is 6.53. The zero-order chi connectivity index (χ0) is 24.1. The van der Waals surface area contributed by atoms with E-state index < -0.39 is 16.1 Å². The van der Waals surface area contributed by atoms with Gasteiger partial charge in [0.05, 0.1) is 21.3 Å². The van der Waals surface area contributed by atoms with E-state index >= 15 is 0 Å². The van der Waals surface area contributed by atoms with Gasteiger partial charge in [-0.3, -0.25) is 4.72 Å². The summed E-state index contributed by atoms with van der Waals surface area (Å²) >= 11 is 6.18. The standard InChI is InChI=1S/C25H19ClFN3O3S/c26-23-14-13-21(16-24(23)29-25(31)28-20-6-2-1-3-7-20)30-34(32,33)22-8-4-5-18(15-22)17-9-11-19(27)12-10-17/h1-16,30H,(H2,28,29,31). The SMILES string of the molecule is O=C(Nc1ccccc1)Nc1cc(NS(=O)(=O)c2cccc(-c3ccc(F)cc3)c2)ccc1Cl. The Morgan fingerprint density at radius 1 is 0.735 bits per heavy atom. The molecule has 0 heterocycles. The van der Waals surface area contributed by atoms with E-state index in [0.717, 1.165) is 0 Å². The van der Waals surface area contributed by atoms with Crippen LogP contribution >= 0.6 is 11.6 Å². The van der Waals surface area contributed by atoms with E-state index in [1.165, 1.54) is 42.5 Å². The molecule has 0 aliphatic carbocycles. The average molecular weight is 496 g/mol. The molecular weight excluding hydrogens is 477 g/mol. The van der Waals surface area contributed by atoms with Crippen molar-refractivity contribution in [1.29, 1.82) is 0 Å². The van der Waals surface area contributed by atoms with E-state index in [0.29, 0.717) is 16.8 Å². The van der Waals surface area contributed by atoms with Gasteiger partial charge in [0.2, 0.25) is 0 Å². The van der Waals surface area contributed by atoms with Crippen LogP contribution in [0.5, 0.6) is 0 Å². The van der Waals surface area contributed by atoms with Gasteiger partial charge < -0.3 is 10.6 Å². The summed E-state index contributed by atoms with van der Waals surface area (Å²) in [5.41, 5.74) is 2.34. The molecule has 0 spiro atoms. The molecule has 0 aliphatic rings. The molecule has 0 radical (unpaired) electrons. The molecule has 0 atom stereocenters. The monoisotopic (exact) mass is 495 g/mol. The molecule has 0 saturated carbocycles. The summed E-state index contributed by atoms with van der Waals surface area (Å²) in [6.07, 6.45) is 0. The zero-order valence-electron chi connectivity index (χ0n) is 17.6. The Morgan fingerprint density at radius 3 is 2.21 bits per heavy atom. The molecular formula is C25H19ClFN3O3S. The van der Waals surface area contributed by atoms with Crippen molar-refractivity contribution in [2.75, 3.05) is 15.4 Å². The van der Waals surface area contributed by atoms with Crippen LogP contribution in [-0.2, 0) is 10.0 Å². The lowest BCUT2D eigenvalue weighted by atomic mass is 10.1. The second kappa shape index (κ2) is 9.94. The predicted molar refractivity (Wildman–Crippen MR) is 133 cm³/mol. The molecule has 0 saturated heterocycles. The third-order valence-electron chi connectivity index (χ3n) is 4.82.